The van der Waals surface area contributed by atoms with E-state index < -0.39 is 0 Å². The highest BCUT2D eigenvalue weighted by Gasteiger charge is 2.25. The molecule has 1 heterocycles. The van der Waals surface area contributed by atoms with Gasteiger partial charge in [0.1, 0.15) is 6.10 Å². The molecule has 25 heavy (non-hydrogen) atoms. The number of hydrogen-bond acceptors (Lipinski definition) is 5. The smallest absolute Gasteiger partial charge is 0.278 e. The topological polar surface area (TPSA) is 73.3 Å². The number of nitrogens with one attached hydrogen (secondary N) is 1. The molecule has 0 bridgehead atoms. The van der Waals surface area contributed by atoms with Crippen LogP contribution in [-0.4, -0.2) is 35.1 Å². The average Bonchev–Trinajstić information content (AvgIpc) is 2.64. The molecule has 0 atom stereocenters. The summed E-state index contributed by atoms with van der Waals surface area (Å²) in [5.41, 5.74) is 1.73. The highest BCUT2D eigenvalue weighted by molar-refractivity contribution is 5.95. The van der Waals surface area contributed by atoms with Gasteiger partial charge < -0.3 is 14.8 Å². The van der Waals surface area contributed by atoms with Crippen LogP contribution in [-0.2, 0) is 0 Å². The highest BCUT2D eigenvalue weighted by atomic mass is 16.5. The molecule has 132 valence electrons. The molecule has 1 aliphatic carbocycles. The maximum Gasteiger partial charge on any atom is 0.278 e. The molecule has 0 saturated heterocycles. The van der Waals surface area contributed by atoms with Gasteiger partial charge in [-0.05, 0) is 44.2 Å². The van der Waals surface area contributed by atoms with Gasteiger partial charge in [-0.1, -0.05) is 18.2 Å². The van der Waals surface area contributed by atoms with Crippen molar-refractivity contribution in [1.29, 1.82) is 0 Å². The lowest BCUT2D eigenvalue weighted by Crippen LogP contribution is -2.40. The SMILES string of the molecule is COc1nccnc1OC1CCC(NC(=O)c2ccccc2C)CC1. The van der Waals surface area contributed by atoms with E-state index in [4.69, 9.17) is 9.47 Å². The lowest BCUT2D eigenvalue weighted by atomic mass is 9.92. The van der Waals surface area contributed by atoms with Gasteiger partial charge in [0.25, 0.3) is 17.7 Å². The Morgan fingerprint density at radius 1 is 1.08 bits per heavy atom. The molecule has 2 aromatic rings. The summed E-state index contributed by atoms with van der Waals surface area (Å²) in [6.07, 6.45) is 6.71. The van der Waals surface area contributed by atoms with Crippen LogP contribution in [0.5, 0.6) is 11.8 Å². The molecule has 1 aromatic carbocycles. The first-order valence-corrected chi connectivity index (χ1v) is 8.55. The largest absolute Gasteiger partial charge is 0.477 e. The standard InChI is InChI=1S/C19H23N3O3/c1-13-5-3-4-6-16(13)17(23)22-14-7-9-15(10-8-14)25-19-18(24-2)20-11-12-21-19/h3-6,11-12,14-15H,7-10H2,1-2H3,(H,22,23). The Labute approximate surface area is 147 Å². The van der Waals surface area contributed by atoms with Crippen molar-refractivity contribution in [3.05, 3.63) is 47.8 Å². The molecule has 0 radical (unpaired) electrons. The number of benzene rings is 1. The molecule has 1 fully saturated rings. The first-order chi connectivity index (χ1) is 12.2. The van der Waals surface area contributed by atoms with Gasteiger partial charge in [0.05, 0.1) is 7.11 Å². The number of carbonyl (C=O) groups excluding carboxylic acids is 1. The van der Waals surface area contributed by atoms with Crippen molar-refractivity contribution in [3.63, 3.8) is 0 Å². The molecular formula is C19H23N3O3. The van der Waals surface area contributed by atoms with Crippen LogP contribution in [0.25, 0.3) is 0 Å². The van der Waals surface area contributed by atoms with Crippen molar-refractivity contribution in [2.45, 2.75) is 44.8 Å². The number of methoxy groups -OCH3 is 1. The minimum Gasteiger partial charge on any atom is -0.477 e. The van der Waals surface area contributed by atoms with Gasteiger partial charge in [-0.15, -0.1) is 0 Å². The Morgan fingerprint density at radius 3 is 2.44 bits per heavy atom. The molecule has 1 aliphatic rings. The lowest BCUT2D eigenvalue weighted by Gasteiger charge is -2.29. The molecule has 3 rings (SSSR count). The number of aromatic nitrogens is 2. The predicted molar refractivity (Wildman–Crippen MR) is 93.9 cm³/mol. The molecule has 1 N–H and O–H groups in total. The maximum atomic E-state index is 12.4. The Hall–Kier alpha value is -2.63. The van der Waals surface area contributed by atoms with Crippen molar-refractivity contribution >= 4 is 5.91 Å². The molecule has 6 heteroatoms. The van der Waals surface area contributed by atoms with Crippen LogP contribution in [0.3, 0.4) is 0 Å². The first kappa shape index (κ1) is 17.2. The van der Waals surface area contributed by atoms with Gasteiger partial charge in [-0.3, -0.25) is 4.79 Å². The van der Waals surface area contributed by atoms with Crippen LogP contribution in [0.2, 0.25) is 0 Å². The van der Waals surface area contributed by atoms with Crippen LogP contribution >= 0.6 is 0 Å². The monoisotopic (exact) mass is 341 g/mol. The number of amides is 1. The fraction of sp³-hybridized carbons (Fsp3) is 0.421. The summed E-state index contributed by atoms with van der Waals surface area (Å²) in [4.78, 5) is 20.7. The van der Waals surface area contributed by atoms with Crippen LogP contribution < -0.4 is 14.8 Å². The van der Waals surface area contributed by atoms with Crippen LogP contribution in [0.1, 0.15) is 41.6 Å². The average molecular weight is 341 g/mol. The Morgan fingerprint density at radius 2 is 1.76 bits per heavy atom. The number of nitrogens with zero attached hydrogens (tertiary/aromatic N) is 2. The summed E-state index contributed by atoms with van der Waals surface area (Å²) in [7, 11) is 1.55. The Kier molecular flexibility index (Phi) is 5.48. The lowest BCUT2D eigenvalue weighted by molar-refractivity contribution is 0.0886. The van der Waals surface area contributed by atoms with E-state index in [1.54, 1.807) is 19.5 Å². The van der Waals surface area contributed by atoms with Crippen molar-refractivity contribution in [2.24, 2.45) is 0 Å². The Bertz CT molecular complexity index is 727. The summed E-state index contributed by atoms with van der Waals surface area (Å²) < 4.78 is 11.1. The van der Waals surface area contributed by atoms with Gasteiger partial charge in [0, 0.05) is 24.0 Å². The van der Waals surface area contributed by atoms with E-state index in [-0.39, 0.29) is 18.1 Å². The molecule has 1 saturated carbocycles. The van der Waals surface area contributed by atoms with E-state index in [0.717, 1.165) is 36.8 Å². The van der Waals surface area contributed by atoms with Crippen molar-refractivity contribution in [1.82, 2.24) is 15.3 Å². The minimum absolute atomic E-state index is 0.00179. The van der Waals surface area contributed by atoms with Crippen LogP contribution in [0.15, 0.2) is 36.7 Å². The quantitative estimate of drug-likeness (QED) is 0.905. The molecule has 6 nitrogen and oxygen atoms in total. The van der Waals surface area contributed by atoms with E-state index in [1.165, 1.54) is 0 Å². The third-order valence-electron chi connectivity index (χ3n) is 4.50. The summed E-state index contributed by atoms with van der Waals surface area (Å²) in [5.74, 6) is 0.827. The summed E-state index contributed by atoms with van der Waals surface area (Å²) in [6, 6.07) is 7.82. The van der Waals surface area contributed by atoms with Crippen LogP contribution in [0, 0.1) is 6.92 Å². The third kappa shape index (κ3) is 4.26. The summed E-state index contributed by atoms with van der Waals surface area (Å²) >= 11 is 0. The second-order valence-electron chi connectivity index (χ2n) is 6.25. The van der Waals surface area contributed by atoms with Gasteiger partial charge in [0.2, 0.25) is 0 Å². The third-order valence-corrected chi connectivity index (χ3v) is 4.50. The maximum absolute atomic E-state index is 12.4. The number of hydrogen-bond donors (Lipinski definition) is 1. The van der Waals surface area contributed by atoms with Gasteiger partial charge >= 0.3 is 0 Å². The minimum atomic E-state index is -0.00179. The molecule has 1 amide bonds. The second-order valence-corrected chi connectivity index (χ2v) is 6.25. The Balaban J connectivity index is 1.52. The zero-order valence-corrected chi connectivity index (χ0v) is 14.6. The van der Waals surface area contributed by atoms with E-state index in [2.05, 4.69) is 15.3 Å². The fourth-order valence-corrected chi connectivity index (χ4v) is 3.11. The first-order valence-electron chi connectivity index (χ1n) is 8.55. The number of carbonyl (C=O) groups is 1. The van der Waals surface area contributed by atoms with E-state index >= 15 is 0 Å². The van der Waals surface area contributed by atoms with Gasteiger partial charge in [0.15, 0.2) is 0 Å². The molecule has 1 aromatic heterocycles. The number of aryl methyl sites for hydroxylation is 1. The van der Waals surface area contributed by atoms with E-state index in [9.17, 15) is 4.79 Å². The molecule has 0 spiro atoms. The second kappa shape index (κ2) is 7.96. The van der Waals surface area contributed by atoms with Crippen molar-refractivity contribution in [2.75, 3.05) is 7.11 Å². The van der Waals surface area contributed by atoms with E-state index in [1.807, 2.05) is 31.2 Å². The normalized spacial score (nSPS) is 19.9. The zero-order valence-electron chi connectivity index (χ0n) is 14.6. The summed E-state index contributed by atoms with van der Waals surface area (Å²) in [6.45, 7) is 1.95. The fourth-order valence-electron chi connectivity index (χ4n) is 3.11. The predicted octanol–water partition coefficient (Wildman–Crippen LogP) is 2.91. The summed E-state index contributed by atoms with van der Waals surface area (Å²) in [5, 5.41) is 3.14. The van der Waals surface area contributed by atoms with Crippen molar-refractivity contribution < 1.29 is 14.3 Å². The molecule has 0 unspecified atom stereocenters. The zero-order chi connectivity index (χ0) is 17.6. The van der Waals surface area contributed by atoms with Gasteiger partial charge in [-0.25, -0.2) is 9.97 Å². The van der Waals surface area contributed by atoms with Gasteiger partial charge in [-0.2, -0.15) is 0 Å². The number of ether oxygens (including phenoxy) is 2. The number of rotatable bonds is 5. The highest BCUT2D eigenvalue weighted by Crippen LogP contribution is 2.27. The van der Waals surface area contributed by atoms with Crippen molar-refractivity contribution in [3.8, 4) is 11.8 Å². The van der Waals surface area contributed by atoms with E-state index in [0.29, 0.717) is 11.8 Å². The molecular weight excluding hydrogens is 318 g/mol. The molecule has 0 aliphatic heterocycles. The van der Waals surface area contributed by atoms with Crippen LogP contribution in [0.4, 0.5) is 0 Å².